The fraction of sp³-hybridized carbons (Fsp3) is 0.778. The molecule has 1 unspecified atom stereocenters. The van der Waals surface area contributed by atoms with E-state index in [1.54, 1.807) is 27.7 Å². The smallest absolute Gasteiger partial charge is 0.345 e. The maximum atomic E-state index is 11.1. The SMILES string of the molecule is CC(C)C(=O)OC(C(=O)O)C(C)C. The predicted octanol–water partition coefficient (Wildman–Crippen LogP) is 1.29. The van der Waals surface area contributed by atoms with Crippen LogP contribution >= 0.6 is 0 Å². The van der Waals surface area contributed by atoms with Gasteiger partial charge >= 0.3 is 11.9 Å². The van der Waals surface area contributed by atoms with Gasteiger partial charge in [-0.05, 0) is 0 Å². The maximum Gasteiger partial charge on any atom is 0.345 e. The van der Waals surface area contributed by atoms with E-state index in [-0.39, 0.29) is 11.8 Å². The molecule has 1 N–H and O–H groups in total. The molecule has 0 aromatic carbocycles. The van der Waals surface area contributed by atoms with Crippen LogP contribution in [0.25, 0.3) is 0 Å². The van der Waals surface area contributed by atoms with Crippen LogP contribution in [0, 0.1) is 11.8 Å². The third kappa shape index (κ3) is 3.92. The van der Waals surface area contributed by atoms with E-state index in [2.05, 4.69) is 0 Å². The molecule has 0 radical (unpaired) electrons. The van der Waals surface area contributed by atoms with Gasteiger partial charge in [-0.25, -0.2) is 4.79 Å². The van der Waals surface area contributed by atoms with Gasteiger partial charge in [-0.15, -0.1) is 0 Å². The van der Waals surface area contributed by atoms with E-state index in [4.69, 9.17) is 9.84 Å². The topological polar surface area (TPSA) is 63.6 Å². The van der Waals surface area contributed by atoms with Crippen molar-refractivity contribution < 1.29 is 19.4 Å². The van der Waals surface area contributed by atoms with Crippen LogP contribution in [0.15, 0.2) is 0 Å². The Morgan fingerprint density at radius 1 is 1.15 bits per heavy atom. The number of carbonyl (C=O) groups excluding carboxylic acids is 1. The highest BCUT2D eigenvalue weighted by Crippen LogP contribution is 2.09. The second-order valence-corrected chi connectivity index (χ2v) is 3.59. The lowest BCUT2D eigenvalue weighted by atomic mass is 10.1. The van der Waals surface area contributed by atoms with Crippen molar-refractivity contribution >= 4 is 11.9 Å². The molecule has 4 heteroatoms. The molecule has 0 aliphatic heterocycles. The van der Waals surface area contributed by atoms with Crippen LogP contribution < -0.4 is 0 Å². The molecule has 0 saturated carbocycles. The summed E-state index contributed by atoms with van der Waals surface area (Å²) in [4.78, 5) is 21.7. The Morgan fingerprint density at radius 3 is 1.85 bits per heavy atom. The maximum absolute atomic E-state index is 11.1. The van der Waals surface area contributed by atoms with Crippen molar-refractivity contribution in [3.8, 4) is 0 Å². The summed E-state index contributed by atoms with van der Waals surface area (Å²) in [5.74, 6) is -2.06. The number of rotatable bonds is 4. The summed E-state index contributed by atoms with van der Waals surface area (Å²) in [6.45, 7) is 6.74. The molecule has 0 heterocycles. The molecule has 0 bridgehead atoms. The van der Waals surface area contributed by atoms with Gasteiger partial charge in [0.25, 0.3) is 0 Å². The normalized spacial score (nSPS) is 13.1. The van der Waals surface area contributed by atoms with E-state index >= 15 is 0 Å². The summed E-state index contributed by atoms with van der Waals surface area (Å²) in [5.41, 5.74) is 0. The van der Waals surface area contributed by atoms with Crippen LogP contribution in [0.1, 0.15) is 27.7 Å². The lowest BCUT2D eigenvalue weighted by Crippen LogP contribution is -2.33. The lowest BCUT2D eigenvalue weighted by Gasteiger charge is -2.17. The van der Waals surface area contributed by atoms with Crippen molar-refractivity contribution in [1.29, 1.82) is 0 Å². The molecular weight excluding hydrogens is 172 g/mol. The molecule has 1 atom stereocenters. The molecule has 0 spiro atoms. The van der Waals surface area contributed by atoms with Crippen molar-refractivity contribution in [3.63, 3.8) is 0 Å². The molecule has 0 aliphatic carbocycles. The lowest BCUT2D eigenvalue weighted by molar-refractivity contribution is -0.169. The summed E-state index contributed by atoms with van der Waals surface area (Å²) in [6.07, 6.45) is -1.03. The number of carboxylic acid groups (broad SMARTS) is 1. The first-order valence-corrected chi connectivity index (χ1v) is 4.29. The third-order valence-electron chi connectivity index (χ3n) is 1.56. The van der Waals surface area contributed by atoms with Gasteiger partial charge in [0.2, 0.25) is 6.10 Å². The Labute approximate surface area is 77.9 Å². The Kier molecular flexibility index (Phi) is 4.45. The molecule has 13 heavy (non-hydrogen) atoms. The van der Waals surface area contributed by atoms with Gasteiger partial charge in [0.05, 0.1) is 5.92 Å². The van der Waals surface area contributed by atoms with E-state index in [9.17, 15) is 9.59 Å². The Hall–Kier alpha value is -1.06. The minimum Gasteiger partial charge on any atom is -0.478 e. The molecule has 0 amide bonds. The fourth-order valence-corrected chi connectivity index (χ4v) is 0.733. The molecule has 0 aliphatic rings. The first kappa shape index (κ1) is 11.9. The first-order chi connectivity index (χ1) is 5.86. The zero-order chi connectivity index (χ0) is 10.6. The van der Waals surface area contributed by atoms with Crippen molar-refractivity contribution in [2.45, 2.75) is 33.8 Å². The Morgan fingerprint density at radius 2 is 1.62 bits per heavy atom. The van der Waals surface area contributed by atoms with Gasteiger partial charge < -0.3 is 9.84 Å². The van der Waals surface area contributed by atoms with Crippen molar-refractivity contribution in [1.82, 2.24) is 0 Å². The van der Waals surface area contributed by atoms with Crippen molar-refractivity contribution in [2.75, 3.05) is 0 Å². The van der Waals surface area contributed by atoms with E-state index in [0.717, 1.165) is 0 Å². The summed E-state index contributed by atoms with van der Waals surface area (Å²) < 4.78 is 4.80. The molecule has 0 rings (SSSR count). The molecular formula is C9H16O4. The third-order valence-corrected chi connectivity index (χ3v) is 1.56. The number of hydrogen-bond donors (Lipinski definition) is 1. The van der Waals surface area contributed by atoms with Crippen LogP contribution in [0.2, 0.25) is 0 Å². The van der Waals surface area contributed by atoms with Crippen molar-refractivity contribution in [3.05, 3.63) is 0 Å². The number of esters is 1. The van der Waals surface area contributed by atoms with E-state index in [0.29, 0.717) is 0 Å². The predicted molar refractivity (Wildman–Crippen MR) is 47.2 cm³/mol. The largest absolute Gasteiger partial charge is 0.478 e. The van der Waals surface area contributed by atoms with Crippen LogP contribution in [0.3, 0.4) is 0 Å². The van der Waals surface area contributed by atoms with Gasteiger partial charge in [-0.3, -0.25) is 4.79 Å². The highest BCUT2D eigenvalue weighted by Gasteiger charge is 2.26. The molecule has 0 fully saturated rings. The average molecular weight is 188 g/mol. The molecule has 76 valence electrons. The van der Waals surface area contributed by atoms with Gasteiger partial charge in [0.1, 0.15) is 0 Å². The minimum absolute atomic E-state index is 0.208. The standard InChI is InChI=1S/C9H16O4/c1-5(2)7(8(10)11)13-9(12)6(3)4/h5-7H,1-4H3,(H,10,11). The van der Waals surface area contributed by atoms with Crippen LogP contribution in [-0.4, -0.2) is 23.1 Å². The summed E-state index contributed by atoms with van der Waals surface area (Å²) in [7, 11) is 0. The average Bonchev–Trinajstić information content (AvgIpc) is 1.97. The van der Waals surface area contributed by atoms with Gasteiger partial charge in [0, 0.05) is 5.92 Å². The number of hydrogen-bond acceptors (Lipinski definition) is 3. The second kappa shape index (κ2) is 4.84. The quantitative estimate of drug-likeness (QED) is 0.675. The van der Waals surface area contributed by atoms with E-state index in [1.807, 2.05) is 0 Å². The zero-order valence-corrected chi connectivity index (χ0v) is 8.40. The van der Waals surface area contributed by atoms with Crippen LogP contribution in [-0.2, 0) is 14.3 Å². The molecule has 0 aromatic heterocycles. The minimum atomic E-state index is -1.09. The number of ether oxygens (including phenoxy) is 1. The van der Waals surface area contributed by atoms with Crippen molar-refractivity contribution in [2.24, 2.45) is 11.8 Å². The molecule has 0 aromatic rings. The number of aliphatic carboxylic acids is 1. The highest BCUT2D eigenvalue weighted by atomic mass is 16.6. The highest BCUT2D eigenvalue weighted by molar-refractivity contribution is 5.79. The van der Waals surface area contributed by atoms with E-state index < -0.39 is 18.0 Å². The summed E-state index contributed by atoms with van der Waals surface area (Å²) in [5, 5.41) is 8.70. The fourth-order valence-electron chi connectivity index (χ4n) is 0.733. The summed E-state index contributed by atoms with van der Waals surface area (Å²) >= 11 is 0. The zero-order valence-electron chi connectivity index (χ0n) is 8.40. The van der Waals surface area contributed by atoms with Crippen LogP contribution in [0.4, 0.5) is 0 Å². The number of carbonyl (C=O) groups is 2. The van der Waals surface area contributed by atoms with E-state index in [1.165, 1.54) is 0 Å². The van der Waals surface area contributed by atoms with Gasteiger partial charge in [0.15, 0.2) is 0 Å². The second-order valence-electron chi connectivity index (χ2n) is 3.59. The Bertz CT molecular complexity index is 196. The summed E-state index contributed by atoms with van der Waals surface area (Å²) in [6, 6.07) is 0. The number of carboxylic acids is 1. The van der Waals surface area contributed by atoms with Crippen LogP contribution in [0.5, 0.6) is 0 Å². The Balaban J connectivity index is 4.27. The molecule has 0 saturated heterocycles. The van der Waals surface area contributed by atoms with Gasteiger partial charge in [-0.1, -0.05) is 27.7 Å². The van der Waals surface area contributed by atoms with Gasteiger partial charge in [-0.2, -0.15) is 0 Å². The molecule has 4 nitrogen and oxygen atoms in total. The first-order valence-electron chi connectivity index (χ1n) is 4.29. The monoisotopic (exact) mass is 188 g/mol.